The average Bonchev–Trinajstić information content (AvgIpc) is 3.35. The van der Waals surface area contributed by atoms with Crippen LogP contribution in [0.3, 0.4) is 0 Å². The fraction of sp³-hybridized carbons (Fsp3) is 0.263. The number of methoxy groups -OCH3 is 2. The van der Waals surface area contributed by atoms with Crippen LogP contribution in [-0.4, -0.2) is 31.9 Å². The fourth-order valence-corrected chi connectivity index (χ4v) is 3.26. The Morgan fingerprint density at radius 3 is 2.33 bits per heavy atom. The van der Waals surface area contributed by atoms with E-state index in [0.29, 0.717) is 28.4 Å². The largest absolute Gasteiger partial charge is 0.497 e. The van der Waals surface area contributed by atoms with Gasteiger partial charge in [0.2, 0.25) is 0 Å². The number of hydrogen-bond donors (Lipinski definition) is 0. The van der Waals surface area contributed by atoms with Crippen molar-refractivity contribution in [3.8, 4) is 17.2 Å². The van der Waals surface area contributed by atoms with Gasteiger partial charge in [0.1, 0.15) is 23.4 Å². The van der Waals surface area contributed by atoms with Crippen LogP contribution in [0.2, 0.25) is 0 Å². The molecule has 1 aliphatic carbocycles. The van der Waals surface area contributed by atoms with Crippen LogP contribution in [-0.2, 0) is 0 Å². The van der Waals surface area contributed by atoms with Crippen LogP contribution < -0.4 is 14.2 Å². The quantitative estimate of drug-likeness (QED) is 0.809. The van der Waals surface area contributed by atoms with Gasteiger partial charge in [0.15, 0.2) is 11.6 Å². The van der Waals surface area contributed by atoms with Crippen molar-refractivity contribution in [2.45, 2.75) is 6.10 Å². The van der Waals surface area contributed by atoms with Gasteiger partial charge in [-0.25, -0.2) is 0 Å². The van der Waals surface area contributed by atoms with E-state index < -0.39 is 5.92 Å². The standard InChI is InChI=1S/C19H16O5/c1-22-11-5-3-10(4-6-11)17(20)15-16-18(21)13-8-7-12(23-2)9-14(13)24-19(15)16/h3-9,15-16,19H,1-2H3/t15-,16-,19-/m0/s1. The summed E-state index contributed by atoms with van der Waals surface area (Å²) < 4.78 is 16.1. The van der Waals surface area contributed by atoms with Gasteiger partial charge < -0.3 is 14.2 Å². The molecule has 2 aliphatic rings. The lowest BCUT2D eigenvalue weighted by atomic mass is 10.0. The summed E-state index contributed by atoms with van der Waals surface area (Å²) in [5.41, 5.74) is 1.08. The van der Waals surface area contributed by atoms with Crippen LogP contribution in [0.25, 0.3) is 0 Å². The third-order valence-corrected chi connectivity index (χ3v) is 4.65. The molecule has 5 nitrogen and oxygen atoms in total. The molecule has 1 aliphatic heterocycles. The number of ether oxygens (including phenoxy) is 3. The highest BCUT2D eigenvalue weighted by atomic mass is 16.5. The maximum atomic E-state index is 12.7. The van der Waals surface area contributed by atoms with E-state index in [0.717, 1.165) is 0 Å². The molecule has 0 N–H and O–H groups in total. The molecular weight excluding hydrogens is 308 g/mol. The SMILES string of the molecule is COc1ccc(C(=O)[C@H]2[C@@H]3Oc4cc(OC)ccc4C(=O)[C@@H]32)cc1. The Morgan fingerprint density at radius 2 is 1.67 bits per heavy atom. The van der Waals surface area contributed by atoms with Gasteiger partial charge in [0, 0.05) is 11.6 Å². The van der Waals surface area contributed by atoms with Gasteiger partial charge in [-0.3, -0.25) is 9.59 Å². The molecule has 0 aromatic heterocycles. The Bertz CT molecular complexity index is 824. The van der Waals surface area contributed by atoms with Gasteiger partial charge >= 0.3 is 0 Å². The van der Waals surface area contributed by atoms with Crippen molar-refractivity contribution in [2.24, 2.45) is 11.8 Å². The summed E-state index contributed by atoms with van der Waals surface area (Å²) in [5.74, 6) is 0.886. The molecule has 0 amide bonds. The van der Waals surface area contributed by atoms with Crippen LogP contribution in [0.5, 0.6) is 17.2 Å². The number of ketones is 2. The van der Waals surface area contributed by atoms with Gasteiger partial charge in [-0.15, -0.1) is 0 Å². The number of rotatable bonds is 4. The minimum Gasteiger partial charge on any atom is -0.497 e. The Balaban J connectivity index is 1.58. The first-order valence-electron chi connectivity index (χ1n) is 7.71. The van der Waals surface area contributed by atoms with Crippen LogP contribution in [0.4, 0.5) is 0 Å². The molecule has 0 unspecified atom stereocenters. The van der Waals surface area contributed by atoms with Gasteiger partial charge in [0.05, 0.1) is 31.6 Å². The lowest BCUT2D eigenvalue weighted by Gasteiger charge is -2.15. The lowest BCUT2D eigenvalue weighted by molar-refractivity contribution is 0.0900. The Morgan fingerprint density at radius 1 is 1.00 bits per heavy atom. The van der Waals surface area contributed by atoms with E-state index in [1.807, 2.05) is 0 Å². The zero-order valence-corrected chi connectivity index (χ0v) is 13.3. The molecule has 0 radical (unpaired) electrons. The maximum Gasteiger partial charge on any atom is 0.174 e. The summed E-state index contributed by atoms with van der Waals surface area (Å²) in [6.45, 7) is 0. The van der Waals surface area contributed by atoms with Crippen LogP contribution in [0.1, 0.15) is 20.7 Å². The summed E-state index contributed by atoms with van der Waals surface area (Å²) in [6.07, 6.45) is -0.383. The van der Waals surface area contributed by atoms with Crippen molar-refractivity contribution in [1.29, 1.82) is 0 Å². The van der Waals surface area contributed by atoms with E-state index in [1.165, 1.54) is 0 Å². The normalized spacial score (nSPS) is 23.6. The molecule has 0 bridgehead atoms. The summed E-state index contributed by atoms with van der Waals surface area (Å²) in [5, 5.41) is 0. The average molecular weight is 324 g/mol. The molecule has 1 saturated carbocycles. The minimum absolute atomic E-state index is 0.0317. The number of carbonyl (C=O) groups excluding carboxylic acids is 2. The van der Waals surface area contributed by atoms with Crippen molar-refractivity contribution in [2.75, 3.05) is 14.2 Å². The molecule has 0 saturated heterocycles. The van der Waals surface area contributed by atoms with Crippen LogP contribution in [0.15, 0.2) is 42.5 Å². The number of hydrogen-bond acceptors (Lipinski definition) is 5. The highest BCUT2D eigenvalue weighted by Gasteiger charge is 2.63. The summed E-state index contributed by atoms with van der Waals surface area (Å²) in [7, 11) is 3.13. The molecule has 4 rings (SSSR count). The molecule has 1 heterocycles. The maximum absolute atomic E-state index is 12.7. The zero-order valence-electron chi connectivity index (χ0n) is 13.3. The fourth-order valence-electron chi connectivity index (χ4n) is 3.26. The van der Waals surface area contributed by atoms with Crippen molar-refractivity contribution in [3.63, 3.8) is 0 Å². The molecule has 5 heteroatoms. The zero-order chi connectivity index (χ0) is 16.8. The summed E-state index contributed by atoms with van der Waals surface area (Å²) >= 11 is 0. The van der Waals surface area contributed by atoms with Crippen molar-refractivity contribution >= 4 is 11.6 Å². The van der Waals surface area contributed by atoms with E-state index in [1.54, 1.807) is 56.7 Å². The predicted molar refractivity (Wildman–Crippen MR) is 86.0 cm³/mol. The first-order chi connectivity index (χ1) is 11.6. The second-order valence-electron chi connectivity index (χ2n) is 5.95. The smallest absolute Gasteiger partial charge is 0.174 e. The minimum atomic E-state index is -0.427. The molecular formula is C19H16O5. The van der Waals surface area contributed by atoms with Gasteiger partial charge in [-0.05, 0) is 36.4 Å². The Kier molecular flexibility index (Phi) is 3.30. The van der Waals surface area contributed by atoms with Crippen molar-refractivity contribution in [1.82, 2.24) is 0 Å². The van der Waals surface area contributed by atoms with E-state index in [9.17, 15) is 9.59 Å². The van der Waals surface area contributed by atoms with Gasteiger partial charge in [-0.1, -0.05) is 0 Å². The highest BCUT2D eigenvalue weighted by molar-refractivity contribution is 6.11. The summed E-state index contributed by atoms with van der Waals surface area (Å²) in [6, 6.07) is 12.0. The molecule has 24 heavy (non-hydrogen) atoms. The van der Waals surface area contributed by atoms with Crippen LogP contribution >= 0.6 is 0 Å². The topological polar surface area (TPSA) is 61.8 Å². The third-order valence-electron chi connectivity index (χ3n) is 4.65. The van der Waals surface area contributed by atoms with E-state index in [4.69, 9.17) is 14.2 Å². The van der Waals surface area contributed by atoms with E-state index in [2.05, 4.69) is 0 Å². The van der Waals surface area contributed by atoms with Gasteiger partial charge in [-0.2, -0.15) is 0 Å². The number of fused-ring (bicyclic) bond motifs is 2. The highest BCUT2D eigenvalue weighted by Crippen LogP contribution is 2.51. The molecule has 3 atom stereocenters. The number of Topliss-reactive ketones (excluding diaryl/α,β-unsaturated/α-hetero) is 2. The van der Waals surface area contributed by atoms with Gasteiger partial charge in [0.25, 0.3) is 0 Å². The van der Waals surface area contributed by atoms with Crippen LogP contribution in [0, 0.1) is 11.8 Å². The van der Waals surface area contributed by atoms with E-state index >= 15 is 0 Å². The van der Waals surface area contributed by atoms with Crippen molar-refractivity contribution in [3.05, 3.63) is 53.6 Å². The first-order valence-corrected chi connectivity index (χ1v) is 7.71. The molecule has 1 fully saturated rings. The molecule has 2 aromatic rings. The first kappa shape index (κ1) is 14.8. The second-order valence-corrected chi connectivity index (χ2v) is 5.95. The second kappa shape index (κ2) is 5.37. The summed E-state index contributed by atoms with van der Waals surface area (Å²) in [4.78, 5) is 25.3. The Hall–Kier alpha value is -2.82. The van der Waals surface area contributed by atoms with E-state index in [-0.39, 0.29) is 23.6 Å². The predicted octanol–water partition coefficient (Wildman–Crippen LogP) is 2.78. The number of benzene rings is 2. The lowest BCUT2D eigenvalue weighted by Crippen LogP contribution is -2.17. The monoisotopic (exact) mass is 324 g/mol. The Labute approximate surface area is 139 Å². The molecule has 0 spiro atoms. The number of carbonyl (C=O) groups is 2. The molecule has 2 aromatic carbocycles. The van der Waals surface area contributed by atoms with Crippen molar-refractivity contribution < 1.29 is 23.8 Å². The molecule has 122 valence electrons. The third kappa shape index (κ3) is 2.16.